The van der Waals surface area contributed by atoms with Crippen LogP contribution in [-0.2, 0) is 5.41 Å². The maximum Gasteiger partial charge on any atom is 0.253 e. The summed E-state index contributed by atoms with van der Waals surface area (Å²) in [4.78, 5) is 5.76. The maximum atomic E-state index is 13.3. The maximum absolute atomic E-state index is 13.3. The summed E-state index contributed by atoms with van der Waals surface area (Å²) in [5.41, 5.74) is 0.355. The zero-order chi connectivity index (χ0) is 16.6. The van der Waals surface area contributed by atoms with E-state index in [9.17, 15) is 4.39 Å². The SMILES string of the molecule is C[C@H](c1nc(C(C)(C)C)no1)n1nnc(-c2cccc(F)c2)n1. The van der Waals surface area contributed by atoms with Crippen molar-refractivity contribution in [2.45, 2.75) is 39.2 Å². The molecule has 0 fully saturated rings. The van der Waals surface area contributed by atoms with E-state index in [1.165, 1.54) is 16.9 Å². The van der Waals surface area contributed by atoms with Crippen molar-refractivity contribution in [2.75, 3.05) is 0 Å². The first-order valence-electron chi connectivity index (χ1n) is 7.24. The van der Waals surface area contributed by atoms with Gasteiger partial charge in [-0.1, -0.05) is 38.1 Å². The number of hydrogen-bond acceptors (Lipinski definition) is 6. The summed E-state index contributed by atoms with van der Waals surface area (Å²) in [5, 5.41) is 16.2. The molecule has 0 bridgehead atoms. The molecule has 0 saturated carbocycles. The second-order valence-electron chi connectivity index (χ2n) is 6.33. The van der Waals surface area contributed by atoms with Crippen molar-refractivity contribution in [1.29, 1.82) is 0 Å². The molecule has 8 heteroatoms. The highest BCUT2D eigenvalue weighted by molar-refractivity contribution is 5.53. The summed E-state index contributed by atoms with van der Waals surface area (Å²) in [5.74, 6) is 1.01. The van der Waals surface area contributed by atoms with Gasteiger partial charge in [0.25, 0.3) is 5.89 Å². The summed E-state index contributed by atoms with van der Waals surface area (Å²) in [6.07, 6.45) is 0. The molecule has 0 saturated heterocycles. The molecule has 1 aromatic carbocycles. The Balaban J connectivity index is 1.86. The fourth-order valence-electron chi connectivity index (χ4n) is 1.94. The van der Waals surface area contributed by atoms with E-state index in [-0.39, 0.29) is 17.3 Å². The predicted octanol–water partition coefficient (Wildman–Crippen LogP) is 2.77. The highest BCUT2D eigenvalue weighted by Crippen LogP contribution is 2.22. The molecule has 0 N–H and O–H groups in total. The number of hydrogen-bond donors (Lipinski definition) is 0. The molecule has 2 aromatic heterocycles. The van der Waals surface area contributed by atoms with Crippen LogP contribution in [0.15, 0.2) is 28.8 Å². The van der Waals surface area contributed by atoms with E-state index in [0.717, 1.165) is 0 Å². The zero-order valence-corrected chi connectivity index (χ0v) is 13.4. The Labute approximate surface area is 132 Å². The van der Waals surface area contributed by atoms with Crippen molar-refractivity contribution in [1.82, 2.24) is 30.3 Å². The average Bonchev–Trinajstić information content (AvgIpc) is 3.16. The van der Waals surface area contributed by atoms with E-state index >= 15 is 0 Å². The molecule has 2 heterocycles. The highest BCUT2D eigenvalue weighted by atomic mass is 19.1. The second kappa shape index (κ2) is 5.53. The first kappa shape index (κ1) is 15.3. The molecular formula is C15H17FN6O. The van der Waals surface area contributed by atoms with Crippen LogP contribution in [0.3, 0.4) is 0 Å². The van der Waals surface area contributed by atoms with Gasteiger partial charge in [0.15, 0.2) is 5.82 Å². The number of aromatic nitrogens is 6. The van der Waals surface area contributed by atoms with Crippen LogP contribution in [0.5, 0.6) is 0 Å². The van der Waals surface area contributed by atoms with Crippen molar-refractivity contribution >= 4 is 0 Å². The Bertz CT molecular complexity index is 819. The molecule has 0 radical (unpaired) electrons. The van der Waals surface area contributed by atoms with Crippen molar-refractivity contribution in [3.8, 4) is 11.4 Å². The van der Waals surface area contributed by atoms with Crippen molar-refractivity contribution in [2.24, 2.45) is 0 Å². The Morgan fingerprint density at radius 2 is 2.04 bits per heavy atom. The normalized spacial score (nSPS) is 13.3. The molecule has 0 spiro atoms. The fourth-order valence-corrected chi connectivity index (χ4v) is 1.94. The third kappa shape index (κ3) is 3.10. The predicted molar refractivity (Wildman–Crippen MR) is 80.0 cm³/mol. The van der Waals surface area contributed by atoms with Gasteiger partial charge < -0.3 is 4.52 Å². The number of rotatable bonds is 3. The van der Waals surface area contributed by atoms with Crippen LogP contribution in [0.2, 0.25) is 0 Å². The molecule has 3 aromatic rings. The lowest BCUT2D eigenvalue weighted by Gasteiger charge is -2.11. The molecule has 3 rings (SSSR count). The van der Waals surface area contributed by atoms with E-state index in [0.29, 0.717) is 23.1 Å². The number of tetrazole rings is 1. The summed E-state index contributed by atoms with van der Waals surface area (Å²) in [6, 6.07) is 5.68. The standard InChI is InChI=1S/C15H17FN6O/c1-9(13-17-14(20-23-13)15(2,3)4)22-19-12(18-21-22)10-6-5-7-11(16)8-10/h5-9H,1-4H3/t9-/m1/s1. The zero-order valence-electron chi connectivity index (χ0n) is 13.4. The van der Waals surface area contributed by atoms with Gasteiger partial charge in [-0.2, -0.15) is 9.78 Å². The van der Waals surface area contributed by atoms with Crippen LogP contribution in [0.1, 0.15) is 45.5 Å². The minimum absolute atomic E-state index is 0.204. The fraction of sp³-hybridized carbons (Fsp3) is 0.400. The van der Waals surface area contributed by atoms with Crippen molar-refractivity contribution in [3.05, 3.63) is 41.8 Å². The van der Waals surface area contributed by atoms with Crippen LogP contribution >= 0.6 is 0 Å². The molecule has 0 aliphatic heterocycles. The quantitative estimate of drug-likeness (QED) is 0.739. The number of nitrogens with zero attached hydrogens (tertiary/aromatic N) is 6. The lowest BCUT2D eigenvalue weighted by molar-refractivity contribution is 0.315. The molecular weight excluding hydrogens is 299 g/mol. The second-order valence-corrected chi connectivity index (χ2v) is 6.33. The van der Waals surface area contributed by atoms with Gasteiger partial charge in [-0.05, 0) is 24.3 Å². The van der Waals surface area contributed by atoms with Crippen molar-refractivity contribution < 1.29 is 8.91 Å². The minimum atomic E-state index is -0.367. The van der Waals surface area contributed by atoms with Crippen LogP contribution in [0, 0.1) is 5.82 Å². The third-order valence-electron chi connectivity index (χ3n) is 3.33. The van der Waals surface area contributed by atoms with Crippen LogP contribution < -0.4 is 0 Å². The molecule has 1 atom stereocenters. The van der Waals surface area contributed by atoms with E-state index in [2.05, 4.69) is 25.6 Å². The first-order chi connectivity index (χ1) is 10.8. The van der Waals surface area contributed by atoms with E-state index in [1.807, 2.05) is 27.7 Å². The van der Waals surface area contributed by atoms with E-state index in [4.69, 9.17) is 4.52 Å². The smallest absolute Gasteiger partial charge is 0.253 e. The lowest BCUT2D eigenvalue weighted by Crippen LogP contribution is -2.15. The van der Waals surface area contributed by atoms with Gasteiger partial charge in [-0.25, -0.2) is 4.39 Å². The average molecular weight is 316 g/mol. The van der Waals surface area contributed by atoms with Gasteiger partial charge in [0.05, 0.1) is 0 Å². The molecule has 0 unspecified atom stereocenters. The molecule has 23 heavy (non-hydrogen) atoms. The Hall–Kier alpha value is -2.64. The van der Waals surface area contributed by atoms with Crippen molar-refractivity contribution in [3.63, 3.8) is 0 Å². The van der Waals surface area contributed by atoms with Crippen LogP contribution in [-0.4, -0.2) is 30.3 Å². The van der Waals surface area contributed by atoms with Crippen LogP contribution in [0.4, 0.5) is 4.39 Å². The van der Waals surface area contributed by atoms with Gasteiger partial charge in [-0.15, -0.1) is 10.2 Å². The van der Waals surface area contributed by atoms with Gasteiger partial charge in [0, 0.05) is 11.0 Å². The summed E-state index contributed by atoms with van der Waals surface area (Å²) in [6.45, 7) is 7.84. The molecule has 0 aliphatic rings. The molecule has 7 nitrogen and oxygen atoms in total. The van der Waals surface area contributed by atoms with Gasteiger partial charge >= 0.3 is 0 Å². The Morgan fingerprint density at radius 3 is 2.70 bits per heavy atom. The Kier molecular flexibility index (Phi) is 3.67. The molecule has 120 valence electrons. The van der Waals surface area contributed by atoms with Gasteiger partial charge in [-0.3, -0.25) is 0 Å². The minimum Gasteiger partial charge on any atom is -0.337 e. The largest absolute Gasteiger partial charge is 0.337 e. The number of halogens is 1. The monoisotopic (exact) mass is 316 g/mol. The first-order valence-corrected chi connectivity index (χ1v) is 7.24. The summed E-state index contributed by atoms with van der Waals surface area (Å²) >= 11 is 0. The number of benzene rings is 1. The third-order valence-corrected chi connectivity index (χ3v) is 3.33. The topological polar surface area (TPSA) is 82.5 Å². The van der Waals surface area contributed by atoms with Gasteiger partial charge in [0.1, 0.15) is 11.9 Å². The van der Waals surface area contributed by atoms with E-state index < -0.39 is 0 Å². The lowest BCUT2D eigenvalue weighted by atomic mass is 9.96. The Morgan fingerprint density at radius 1 is 1.26 bits per heavy atom. The summed E-state index contributed by atoms with van der Waals surface area (Å²) in [7, 11) is 0. The summed E-state index contributed by atoms with van der Waals surface area (Å²) < 4.78 is 18.6. The molecule has 0 aliphatic carbocycles. The van der Waals surface area contributed by atoms with Crippen LogP contribution in [0.25, 0.3) is 11.4 Å². The highest BCUT2D eigenvalue weighted by Gasteiger charge is 2.25. The molecule has 0 amide bonds. The van der Waals surface area contributed by atoms with E-state index in [1.54, 1.807) is 12.1 Å². The van der Waals surface area contributed by atoms with Gasteiger partial charge in [0.2, 0.25) is 5.82 Å².